The van der Waals surface area contributed by atoms with Crippen molar-refractivity contribution in [1.82, 2.24) is 10.2 Å². The second-order valence-electron chi connectivity index (χ2n) is 4.67. The first-order chi connectivity index (χ1) is 7.61. The average molecular weight is 228 g/mol. The van der Waals surface area contributed by atoms with Gasteiger partial charge in [0, 0.05) is 20.2 Å². The number of nitrogens with zero attached hydrogens (tertiary/aromatic N) is 1. The number of ether oxygens (including phenoxy) is 1. The molecule has 16 heavy (non-hydrogen) atoms. The first-order valence-electron chi connectivity index (χ1n) is 6.11. The molecule has 0 aromatic carbocycles. The van der Waals surface area contributed by atoms with E-state index in [-0.39, 0.29) is 17.9 Å². The third kappa shape index (κ3) is 2.95. The van der Waals surface area contributed by atoms with Crippen molar-refractivity contribution in [2.45, 2.75) is 26.8 Å². The molecular weight excluding hydrogens is 204 g/mol. The third-order valence-electron chi connectivity index (χ3n) is 3.40. The number of likely N-dealkylation sites (N-methyl/N-ethyl adjacent to an activating group) is 1. The van der Waals surface area contributed by atoms with Crippen LogP contribution in [0.25, 0.3) is 0 Å². The van der Waals surface area contributed by atoms with Gasteiger partial charge in [0.2, 0.25) is 5.91 Å². The quantitative estimate of drug-likeness (QED) is 0.754. The van der Waals surface area contributed by atoms with E-state index in [1.54, 1.807) is 7.11 Å². The summed E-state index contributed by atoms with van der Waals surface area (Å²) in [5.41, 5.74) is 0. The molecule has 1 amide bonds. The highest BCUT2D eigenvalue weighted by Gasteiger charge is 2.33. The molecule has 3 atom stereocenters. The second kappa shape index (κ2) is 6.21. The summed E-state index contributed by atoms with van der Waals surface area (Å²) in [6.45, 7) is 9.33. The maximum atomic E-state index is 12.3. The molecule has 1 heterocycles. The topological polar surface area (TPSA) is 41.6 Å². The summed E-state index contributed by atoms with van der Waals surface area (Å²) in [5.74, 6) is 0.847. The molecule has 1 saturated heterocycles. The summed E-state index contributed by atoms with van der Waals surface area (Å²) >= 11 is 0. The lowest BCUT2D eigenvalue weighted by molar-refractivity contribution is -0.138. The zero-order valence-corrected chi connectivity index (χ0v) is 10.8. The predicted molar refractivity (Wildman–Crippen MR) is 64.2 cm³/mol. The van der Waals surface area contributed by atoms with E-state index in [0.29, 0.717) is 12.5 Å². The van der Waals surface area contributed by atoms with Gasteiger partial charge in [-0.1, -0.05) is 6.92 Å². The van der Waals surface area contributed by atoms with Crippen molar-refractivity contribution in [3.8, 4) is 0 Å². The summed E-state index contributed by atoms with van der Waals surface area (Å²) in [6, 6.07) is 0.162. The SMILES string of the molecule is CCN(C(=O)[C@@H]1CNC[C@H]1C)C(C)COC. The van der Waals surface area contributed by atoms with Crippen molar-refractivity contribution >= 4 is 5.91 Å². The predicted octanol–water partition coefficient (Wildman–Crippen LogP) is 0.725. The largest absolute Gasteiger partial charge is 0.383 e. The Balaban J connectivity index is 2.61. The van der Waals surface area contributed by atoms with E-state index in [1.165, 1.54) is 0 Å². The van der Waals surface area contributed by atoms with Gasteiger partial charge in [-0.25, -0.2) is 0 Å². The maximum Gasteiger partial charge on any atom is 0.227 e. The Morgan fingerprint density at radius 1 is 1.56 bits per heavy atom. The van der Waals surface area contributed by atoms with Crippen LogP contribution in [0, 0.1) is 11.8 Å². The summed E-state index contributed by atoms with van der Waals surface area (Å²) in [4.78, 5) is 14.3. The van der Waals surface area contributed by atoms with Gasteiger partial charge >= 0.3 is 0 Å². The van der Waals surface area contributed by atoms with Crippen LogP contribution in [0.3, 0.4) is 0 Å². The smallest absolute Gasteiger partial charge is 0.227 e. The molecule has 1 rings (SSSR count). The van der Waals surface area contributed by atoms with Gasteiger partial charge in [-0.2, -0.15) is 0 Å². The average Bonchev–Trinajstić information content (AvgIpc) is 2.65. The lowest BCUT2D eigenvalue weighted by Crippen LogP contribution is -2.45. The van der Waals surface area contributed by atoms with Crippen LogP contribution in [0.4, 0.5) is 0 Å². The molecule has 0 spiro atoms. The lowest BCUT2D eigenvalue weighted by Gasteiger charge is -2.31. The molecule has 1 fully saturated rings. The van der Waals surface area contributed by atoms with Crippen LogP contribution in [-0.2, 0) is 9.53 Å². The monoisotopic (exact) mass is 228 g/mol. The zero-order valence-electron chi connectivity index (χ0n) is 10.8. The first-order valence-corrected chi connectivity index (χ1v) is 6.11. The molecule has 0 aromatic rings. The number of methoxy groups -OCH3 is 1. The van der Waals surface area contributed by atoms with Crippen LogP contribution < -0.4 is 5.32 Å². The Morgan fingerprint density at radius 2 is 2.25 bits per heavy atom. The Morgan fingerprint density at radius 3 is 2.69 bits per heavy atom. The molecule has 4 heteroatoms. The number of rotatable bonds is 5. The van der Waals surface area contributed by atoms with Gasteiger partial charge in [0.1, 0.15) is 0 Å². The van der Waals surface area contributed by atoms with Gasteiger partial charge < -0.3 is 15.0 Å². The van der Waals surface area contributed by atoms with Crippen molar-refractivity contribution < 1.29 is 9.53 Å². The molecule has 1 aliphatic heterocycles. The van der Waals surface area contributed by atoms with E-state index in [1.807, 2.05) is 18.7 Å². The number of amides is 1. The Hall–Kier alpha value is -0.610. The molecule has 0 bridgehead atoms. The fourth-order valence-electron chi connectivity index (χ4n) is 2.37. The van der Waals surface area contributed by atoms with E-state index in [2.05, 4.69) is 12.2 Å². The van der Waals surface area contributed by atoms with Crippen LogP contribution in [0.1, 0.15) is 20.8 Å². The number of nitrogens with one attached hydrogen (secondary N) is 1. The van der Waals surface area contributed by atoms with E-state index in [0.717, 1.165) is 19.6 Å². The fourth-order valence-corrected chi connectivity index (χ4v) is 2.37. The lowest BCUT2D eigenvalue weighted by atomic mass is 9.96. The second-order valence-corrected chi connectivity index (χ2v) is 4.67. The number of hydrogen-bond donors (Lipinski definition) is 1. The van der Waals surface area contributed by atoms with Crippen LogP contribution >= 0.6 is 0 Å². The van der Waals surface area contributed by atoms with Gasteiger partial charge in [0.25, 0.3) is 0 Å². The Bertz CT molecular complexity index is 233. The normalized spacial score (nSPS) is 26.8. The minimum Gasteiger partial charge on any atom is -0.383 e. The molecule has 1 unspecified atom stereocenters. The van der Waals surface area contributed by atoms with Crippen molar-refractivity contribution in [2.75, 3.05) is 33.4 Å². The zero-order chi connectivity index (χ0) is 12.1. The number of hydrogen-bond acceptors (Lipinski definition) is 3. The van der Waals surface area contributed by atoms with Gasteiger partial charge in [-0.15, -0.1) is 0 Å². The van der Waals surface area contributed by atoms with E-state index in [9.17, 15) is 4.79 Å². The molecule has 0 aromatic heterocycles. The summed E-state index contributed by atoms with van der Waals surface area (Å²) in [6.07, 6.45) is 0. The van der Waals surface area contributed by atoms with Crippen LogP contribution in [0.15, 0.2) is 0 Å². The van der Waals surface area contributed by atoms with Crippen molar-refractivity contribution in [1.29, 1.82) is 0 Å². The molecule has 0 saturated carbocycles. The van der Waals surface area contributed by atoms with Crippen molar-refractivity contribution in [3.63, 3.8) is 0 Å². The fraction of sp³-hybridized carbons (Fsp3) is 0.917. The number of carbonyl (C=O) groups is 1. The minimum absolute atomic E-state index is 0.138. The number of carbonyl (C=O) groups excluding carboxylic acids is 1. The van der Waals surface area contributed by atoms with Crippen LogP contribution in [-0.4, -0.2) is 50.2 Å². The molecule has 1 aliphatic rings. The van der Waals surface area contributed by atoms with Gasteiger partial charge in [0.05, 0.1) is 18.6 Å². The van der Waals surface area contributed by atoms with Gasteiger partial charge in [0.15, 0.2) is 0 Å². The van der Waals surface area contributed by atoms with Gasteiger partial charge in [-0.3, -0.25) is 4.79 Å². The van der Waals surface area contributed by atoms with Gasteiger partial charge in [-0.05, 0) is 26.3 Å². The summed E-state index contributed by atoms with van der Waals surface area (Å²) in [7, 11) is 1.68. The molecular formula is C12H24N2O2. The third-order valence-corrected chi connectivity index (χ3v) is 3.40. The van der Waals surface area contributed by atoms with E-state index < -0.39 is 0 Å². The molecule has 0 aliphatic carbocycles. The Labute approximate surface area is 98.3 Å². The molecule has 4 nitrogen and oxygen atoms in total. The summed E-state index contributed by atoms with van der Waals surface area (Å²) in [5, 5.41) is 3.27. The highest BCUT2D eigenvalue weighted by atomic mass is 16.5. The Kier molecular flexibility index (Phi) is 5.22. The minimum atomic E-state index is 0.138. The highest BCUT2D eigenvalue weighted by Crippen LogP contribution is 2.19. The molecule has 1 N–H and O–H groups in total. The standard InChI is InChI=1S/C12H24N2O2/c1-5-14(10(3)8-16-4)12(15)11-7-13-6-9(11)2/h9-11,13H,5-8H2,1-4H3/t9-,10?,11-/m1/s1. The van der Waals surface area contributed by atoms with E-state index in [4.69, 9.17) is 4.74 Å². The highest BCUT2D eigenvalue weighted by molar-refractivity contribution is 5.80. The van der Waals surface area contributed by atoms with E-state index >= 15 is 0 Å². The first kappa shape index (κ1) is 13.5. The summed E-state index contributed by atoms with van der Waals surface area (Å²) < 4.78 is 5.12. The maximum absolute atomic E-state index is 12.3. The molecule has 94 valence electrons. The van der Waals surface area contributed by atoms with Crippen LogP contribution in [0.2, 0.25) is 0 Å². The molecule has 0 radical (unpaired) electrons. The van der Waals surface area contributed by atoms with Crippen LogP contribution in [0.5, 0.6) is 0 Å². The van der Waals surface area contributed by atoms with Crippen molar-refractivity contribution in [3.05, 3.63) is 0 Å². The van der Waals surface area contributed by atoms with Crippen molar-refractivity contribution in [2.24, 2.45) is 11.8 Å².